The molecule has 3 aromatic rings. The molecule has 1 aliphatic heterocycles. The average Bonchev–Trinajstić information content (AvgIpc) is 3.41. The van der Waals surface area contributed by atoms with Crippen LogP contribution in [-0.2, 0) is 11.3 Å². The van der Waals surface area contributed by atoms with E-state index >= 15 is 0 Å². The second-order valence-electron chi connectivity index (χ2n) is 8.13. The number of hydrogen-bond acceptors (Lipinski definition) is 6. The highest BCUT2D eigenvalue weighted by Crippen LogP contribution is 2.41. The van der Waals surface area contributed by atoms with Gasteiger partial charge in [0.15, 0.2) is 5.65 Å². The molecule has 1 saturated heterocycles. The van der Waals surface area contributed by atoms with Crippen molar-refractivity contribution in [3.8, 4) is 0 Å². The number of aliphatic hydroxyl groups excluding tert-OH is 1. The lowest BCUT2D eigenvalue weighted by Crippen LogP contribution is -2.36. The van der Waals surface area contributed by atoms with Crippen molar-refractivity contribution in [3.05, 3.63) is 52.3 Å². The van der Waals surface area contributed by atoms with Crippen molar-refractivity contribution in [1.82, 2.24) is 29.3 Å². The molecule has 2 fully saturated rings. The molecule has 0 radical (unpaired) electrons. The van der Waals surface area contributed by atoms with Gasteiger partial charge in [0.2, 0.25) is 0 Å². The van der Waals surface area contributed by atoms with Gasteiger partial charge in [-0.15, -0.1) is 0 Å². The van der Waals surface area contributed by atoms with Crippen LogP contribution in [0.3, 0.4) is 0 Å². The number of likely N-dealkylation sites (tertiary alicyclic amines) is 1. The Balaban J connectivity index is 0.000000687. The van der Waals surface area contributed by atoms with Crippen molar-refractivity contribution in [2.24, 2.45) is 11.8 Å². The Morgan fingerprint density at radius 2 is 2.00 bits per heavy atom. The van der Waals surface area contributed by atoms with Crippen LogP contribution in [0.25, 0.3) is 5.65 Å². The molecule has 0 aromatic carbocycles. The van der Waals surface area contributed by atoms with Gasteiger partial charge in [0, 0.05) is 49.9 Å². The van der Waals surface area contributed by atoms with Crippen LogP contribution >= 0.6 is 0 Å². The zero-order valence-electron chi connectivity index (χ0n) is 16.8. The number of aromatic amines is 1. The molecule has 0 unspecified atom stereocenters. The molecule has 0 bridgehead atoms. The van der Waals surface area contributed by atoms with Crippen molar-refractivity contribution in [1.29, 1.82) is 0 Å². The van der Waals surface area contributed by atoms with Crippen LogP contribution in [0.5, 0.6) is 0 Å². The minimum absolute atomic E-state index is 0.0585. The van der Waals surface area contributed by atoms with E-state index < -0.39 is 0 Å². The zero-order chi connectivity index (χ0) is 21.3. The molecule has 30 heavy (non-hydrogen) atoms. The van der Waals surface area contributed by atoms with Crippen LogP contribution in [-0.4, -0.2) is 65.2 Å². The lowest BCUT2D eigenvalue weighted by atomic mass is 9.77. The van der Waals surface area contributed by atoms with Crippen LogP contribution in [0, 0.1) is 18.8 Å². The Bertz CT molecular complexity index is 1060. The number of hydrogen-bond donors (Lipinski definition) is 3. The third kappa shape index (κ3) is 4.01. The molecule has 1 aliphatic carbocycles. The van der Waals surface area contributed by atoms with E-state index in [1.807, 2.05) is 29.9 Å². The molecule has 3 N–H and O–H groups in total. The number of carboxylic acid groups (broad SMARTS) is 1. The first kappa shape index (κ1) is 20.3. The number of rotatable bonds is 3. The number of aryl methyl sites for hydroxylation is 1. The summed E-state index contributed by atoms with van der Waals surface area (Å²) in [5.41, 5.74) is 2.32. The van der Waals surface area contributed by atoms with Gasteiger partial charge in [-0.25, -0.2) is 9.50 Å². The highest BCUT2D eigenvalue weighted by Gasteiger charge is 2.42. The second kappa shape index (κ2) is 8.41. The summed E-state index contributed by atoms with van der Waals surface area (Å²) in [4.78, 5) is 27.6. The minimum atomic E-state index is -0.354. The van der Waals surface area contributed by atoms with Crippen LogP contribution in [0.1, 0.15) is 30.3 Å². The molecular weight excluding hydrogens is 388 g/mol. The fourth-order valence-electron chi connectivity index (χ4n) is 4.87. The third-order valence-corrected chi connectivity index (χ3v) is 6.07. The number of aromatic nitrogens is 5. The van der Waals surface area contributed by atoms with E-state index in [2.05, 4.69) is 20.1 Å². The van der Waals surface area contributed by atoms with E-state index in [9.17, 15) is 9.90 Å². The Hall–Kier alpha value is -2.98. The number of aliphatic hydroxyl groups is 1. The quantitative estimate of drug-likeness (QED) is 0.537. The molecule has 160 valence electrons. The summed E-state index contributed by atoms with van der Waals surface area (Å²) in [5, 5.41) is 24.8. The molecule has 2 aliphatic rings. The maximum atomic E-state index is 12.3. The minimum Gasteiger partial charge on any atom is -0.483 e. The molecule has 4 heterocycles. The number of H-pyrrole nitrogens is 1. The van der Waals surface area contributed by atoms with Gasteiger partial charge < -0.3 is 10.2 Å². The van der Waals surface area contributed by atoms with Crippen LogP contribution in [0.2, 0.25) is 0 Å². The first-order chi connectivity index (χ1) is 14.5. The van der Waals surface area contributed by atoms with Gasteiger partial charge in [-0.3, -0.25) is 24.3 Å². The number of nitrogens with zero attached hydrogens (tertiary/aromatic N) is 5. The standard InChI is InChI=1S/C19H24N6O2.CH2O2/c1-12-5-18-21-15(8-19(27)25(18)22-12)11-23-9-13-6-16(24-4-2-3-20-24)17(26)7-14(13)10-23;2-1-3/h2-5,8,13-14,16-17,22,26H,6-7,9-11H2,1H3;1H,(H,2,3)/t13-,14+,16-,17-;/m1./s1. The fourth-order valence-corrected chi connectivity index (χ4v) is 4.87. The first-order valence-electron chi connectivity index (χ1n) is 10.0. The predicted octanol–water partition coefficient (Wildman–Crippen LogP) is 0.672. The van der Waals surface area contributed by atoms with Gasteiger partial charge in [0.25, 0.3) is 12.0 Å². The Morgan fingerprint density at radius 3 is 2.70 bits per heavy atom. The van der Waals surface area contributed by atoms with Gasteiger partial charge in [-0.1, -0.05) is 0 Å². The molecule has 10 nitrogen and oxygen atoms in total. The number of carbonyl (C=O) groups is 1. The largest absolute Gasteiger partial charge is 0.483 e. The SMILES string of the molecule is Cc1cc2nc(CN3C[C@H]4C[C@@H](n5cccn5)[C@H](O)C[C@H]4C3)cc(=O)n2[nH]1.O=CO. The second-order valence-corrected chi connectivity index (χ2v) is 8.13. The van der Waals surface area contributed by atoms with Crippen molar-refractivity contribution in [3.63, 3.8) is 0 Å². The van der Waals surface area contributed by atoms with Crippen LogP contribution in [0.15, 0.2) is 35.4 Å². The lowest BCUT2D eigenvalue weighted by molar-refractivity contribution is -0.122. The van der Waals surface area contributed by atoms with Gasteiger partial charge >= 0.3 is 0 Å². The monoisotopic (exact) mass is 414 g/mol. The molecule has 4 atom stereocenters. The summed E-state index contributed by atoms with van der Waals surface area (Å²) in [6, 6.07) is 5.47. The molecule has 3 aromatic heterocycles. The van der Waals surface area contributed by atoms with E-state index in [0.717, 1.165) is 37.3 Å². The van der Waals surface area contributed by atoms with Crippen molar-refractivity contribution >= 4 is 12.1 Å². The van der Waals surface area contributed by atoms with Crippen molar-refractivity contribution in [2.75, 3.05) is 13.1 Å². The lowest BCUT2D eigenvalue weighted by Gasteiger charge is -2.35. The van der Waals surface area contributed by atoms with Gasteiger partial charge in [0.05, 0.1) is 17.8 Å². The van der Waals surface area contributed by atoms with Gasteiger partial charge in [-0.05, 0) is 37.7 Å². The summed E-state index contributed by atoms with van der Waals surface area (Å²) < 4.78 is 3.38. The third-order valence-electron chi connectivity index (χ3n) is 6.07. The van der Waals surface area contributed by atoms with E-state index in [0.29, 0.717) is 24.0 Å². The number of nitrogens with one attached hydrogen (secondary N) is 1. The van der Waals surface area contributed by atoms with Crippen molar-refractivity contribution < 1.29 is 15.0 Å². The molecule has 1 saturated carbocycles. The molecule has 0 amide bonds. The first-order valence-corrected chi connectivity index (χ1v) is 10.0. The highest BCUT2D eigenvalue weighted by molar-refractivity contribution is 5.39. The Morgan fingerprint density at radius 1 is 1.27 bits per heavy atom. The van der Waals surface area contributed by atoms with Gasteiger partial charge in [-0.2, -0.15) is 5.10 Å². The summed E-state index contributed by atoms with van der Waals surface area (Å²) >= 11 is 0. The summed E-state index contributed by atoms with van der Waals surface area (Å²) in [7, 11) is 0. The smallest absolute Gasteiger partial charge is 0.290 e. The predicted molar refractivity (Wildman–Crippen MR) is 108 cm³/mol. The Labute approximate surface area is 172 Å². The maximum absolute atomic E-state index is 12.3. The molecular formula is C20H26N6O4. The van der Waals surface area contributed by atoms with Gasteiger partial charge in [0.1, 0.15) is 0 Å². The fraction of sp³-hybridized carbons (Fsp3) is 0.500. The van der Waals surface area contributed by atoms with E-state index in [1.54, 1.807) is 12.3 Å². The molecule has 0 spiro atoms. The van der Waals surface area contributed by atoms with E-state index in [4.69, 9.17) is 9.90 Å². The average molecular weight is 414 g/mol. The summed E-state index contributed by atoms with van der Waals surface area (Å²) in [6.07, 6.45) is 5.09. The summed E-state index contributed by atoms with van der Waals surface area (Å²) in [6.45, 7) is 4.26. The Kier molecular flexibility index (Phi) is 5.69. The molecule has 10 heteroatoms. The van der Waals surface area contributed by atoms with Crippen molar-refractivity contribution in [2.45, 2.75) is 38.5 Å². The zero-order valence-corrected chi connectivity index (χ0v) is 16.8. The molecule has 5 rings (SSSR count). The van der Waals surface area contributed by atoms with E-state index in [1.165, 1.54) is 4.52 Å². The van der Waals surface area contributed by atoms with Crippen LogP contribution < -0.4 is 5.56 Å². The normalized spacial score (nSPS) is 26.2. The van der Waals surface area contributed by atoms with Crippen LogP contribution in [0.4, 0.5) is 0 Å². The van der Waals surface area contributed by atoms with E-state index in [-0.39, 0.29) is 24.2 Å². The summed E-state index contributed by atoms with van der Waals surface area (Å²) in [5.74, 6) is 1.04. The number of fused-ring (bicyclic) bond motifs is 2. The maximum Gasteiger partial charge on any atom is 0.290 e. The topological polar surface area (TPSA) is 129 Å². The highest BCUT2D eigenvalue weighted by atomic mass is 16.3.